The molecule has 25 heavy (non-hydrogen) atoms. The van der Waals surface area contributed by atoms with E-state index in [2.05, 4.69) is 17.3 Å². The summed E-state index contributed by atoms with van der Waals surface area (Å²) in [5.41, 5.74) is 2.07. The van der Waals surface area contributed by atoms with Crippen molar-refractivity contribution in [2.75, 3.05) is 24.8 Å². The predicted octanol–water partition coefficient (Wildman–Crippen LogP) is 4.70. The van der Waals surface area contributed by atoms with E-state index in [9.17, 15) is 0 Å². The van der Waals surface area contributed by atoms with E-state index in [-0.39, 0.29) is 0 Å². The lowest BCUT2D eigenvalue weighted by molar-refractivity contribution is 0.168. The van der Waals surface area contributed by atoms with Crippen LogP contribution in [0.2, 0.25) is 0 Å². The number of ether oxygens (including phenoxy) is 1. The Morgan fingerprint density at radius 3 is 2.60 bits per heavy atom. The average molecular weight is 344 g/mol. The number of rotatable bonds is 10. The first-order chi connectivity index (χ1) is 12.3. The molecular weight excluding hydrogens is 316 g/mol. The number of aromatic nitrogens is 1. The van der Waals surface area contributed by atoms with Crippen LogP contribution in [0.5, 0.6) is 5.75 Å². The molecule has 5 nitrogen and oxygen atoms in total. The monoisotopic (exact) mass is 344 g/mol. The van der Waals surface area contributed by atoms with Crippen LogP contribution in [0.3, 0.4) is 0 Å². The number of anilines is 1. The van der Waals surface area contributed by atoms with Crippen LogP contribution < -0.4 is 9.80 Å². The van der Waals surface area contributed by atoms with Crippen LogP contribution >= 0.6 is 0 Å². The van der Waals surface area contributed by atoms with Crippen LogP contribution in [0.15, 0.2) is 34.9 Å². The fourth-order valence-corrected chi connectivity index (χ4v) is 3.02. The Bertz CT molecular complexity index is 618. The van der Waals surface area contributed by atoms with Crippen molar-refractivity contribution < 1.29 is 14.1 Å². The van der Waals surface area contributed by atoms with Crippen LogP contribution in [-0.2, 0) is 11.3 Å². The SMILES string of the molecule is Cc1cc(CCCCCCCOc2ccc(N3CCCO3)cc2)on1. The van der Waals surface area contributed by atoms with Crippen LogP contribution in [0.1, 0.15) is 50.0 Å². The van der Waals surface area contributed by atoms with Crippen LogP contribution in [0.25, 0.3) is 0 Å². The summed E-state index contributed by atoms with van der Waals surface area (Å²) in [4.78, 5) is 5.54. The second-order valence-electron chi connectivity index (χ2n) is 6.58. The molecule has 1 fully saturated rings. The van der Waals surface area contributed by atoms with Crippen molar-refractivity contribution in [2.45, 2.75) is 51.9 Å². The third-order valence-corrected chi connectivity index (χ3v) is 4.39. The molecule has 2 heterocycles. The number of hydroxylamine groups is 1. The number of unbranched alkanes of at least 4 members (excludes halogenated alkanes) is 4. The first kappa shape index (κ1) is 17.8. The zero-order chi connectivity index (χ0) is 17.3. The van der Waals surface area contributed by atoms with Gasteiger partial charge in [-0.05, 0) is 50.5 Å². The summed E-state index contributed by atoms with van der Waals surface area (Å²) in [5.74, 6) is 1.94. The minimum Gasteiger partial charge on any atom is -0.494 e. The van der Waals surface area contributed by atoms with Crippen LogP contribution in [0, 0.1) is 6.92 Å². The van der Waals surface area contributed by atoms with Gasteiger partial charge in [0.1, 0.15) is 11.5 Å². The van der Waals surface area contributed by atoms with E-state index in [1.165, 1.54) is 19.3 Å². The van der Waals surface area contributed by atoms with Crippen molar-refractivity contribution in [1.29, 1.82) is 0 Å². The van der Waals surface area contributed by atoms with E-state index in [1.807, 2.05) is 30.2 Å². The van der Waals surface area contributed by atoms with Crippen molar-refractivity contribution in [1.82, 2.24) is 5.16 Å². The molecule has 3 rings (SSSR count). The average Bonchev–Trinajstić information content (AvgIpc) is 3.30. The maximum Gasteiger partial charge on any atom is 0.136 e. The van der Waals surface area contributed by atoms with E-state index in [1.54, 1.807) is 0 Å². The highest BCUT2D eigenvalue weighted by Crippen LogP contribution is 2.22. The van der Waals surface area contributed by atoms with E-state index in [4.69, 9.17) is 14.1 Å². The smallest absolute Gasteiger partial charge is 0.136 e. The molecule has 0 atom stereocenters. The molecule has 1 aromatic heterocycles. The summed E-state index contributed by atoms with van der Waals surface area (Å²) in [7, 11) is 0. The van der Waals surface area contributed by atoms with Gasteiger partial charge >= 0.3 is 0 Å². The lowest BCUT2D eigenvalue weighted by Crippen LogP contribution is -2.15. The first-order valence-electron chi connectivity index (χ1n) is 9.37. The standard InChI is InChI=1S/C20H28N2O3/c1-17-16-20(25-21-17)8-5-3-2-4-6-14-23-19-11-9-18(10-12-19)22-13-7-15-24-22/h9-12,16H,2-8,13-15H2,1H3. The molecular formula is C20H28N2O3. The molecule has 0 radical (unpaired) electrons. The van der Waals surface area contributed by atoms with Crippen molar-refractivity contribution in [3.63, 3.8) is 0 Å². The molecule has 1 aliphatic heterocycles. The van der Waals surface area contributed by atoms with Gasteiger partial charge in [-0.2, -0.15) is 0 Å². The van der Waals surface area contributed by atoms with Gasteiger partial charge in [-0.3, -0.25) is 9.90 Å². The van der Waals surface area contributed by atoms with Gasteiger partial charge in [-0.25, -0.2) is 0 Å². The second-order valence-corrected chi connectivity index (χ2v) is 6.58. The fraction of sp³-hybridized carbons (Fsp3) is 0.550. The van der Waals surface area contributed by atoms with Crippen molar-refractivity contribution in [3.8, 4) is 5.75 Å². The fourth-order valence-electron chi connectivity index (χ4n) is 3.02. The third-order valence-electron chi connectivity index (χ3n) is 4.39. The molecule has 1 aliphatic rings. The maximum atomic E-state index is 5.82. The van der Waals surface area contributed by atoms with Gasteiger partial charge in [-0.15, -0.1) is 0 Å². The lowest BCUT2D eigenvalue weighted by Gasteiger charge is -2.16. The zero-order valence-corrected chi connectivity index (χ0v) is 15.1. The van der Waals surface area contributed by atoms with Crippen molar-refractivity contribution >= 4 is 5.69 Å². The highest BCUT2D eigenvalue weighted by Gasteiger charge is 2.12. The Hall–Kier alpha value is -2.01. The van der Waals surface area contributed by atoms with Gasteiger partial charge in [-0.1, -0.05) is 24.4 Å². The molecule has 0 spiro atoms. The summed E-state index contributed by atoms with van der Waals surface area (Å²) in [6, 6.07) is 10.2. The van der Waals surface area contributed by atoms with Gasteiger partial charge in [0.05, 0.1) is 24.6 Å². The molecule has 136 valence electrons. The molecule has 0 amide bonds. The van der Waals surface area contributed by atoms with Gasteiger partial charge < -0.3 is 9.26 Å². The Balaban J connectivity index is 1.22. The second kappa shape index (κ2) is 9.47. The number of aryl methyl sites for hydroxylation is 2. The summed E-state index contributed by atoms with van der Waals surface area (Å²) >= 11 is 0. The summed E-state index contributed by atoms with van der Waals surface area (Å²) in [6.45, 7) is 4.52. The normalized spacial score (nSPS) is 14.2. The Labute approximate surface area is 149 Å². The predicted molar refractivity (Wildman–Crippen MR) is 97.9 cm³/mol. The van der Waals surface area contributed by atoms with E-state index in [0.29, 0.717) is 0 Å². The first-order valence-corrected chi connectivity index (χ1v) is 9.37. The highest BCUT2D eigenvalue weighted by atomic mass is 16.7. The summed E-state index contributed by atoms with van der Waals surface area (Å²) in [5, 5.41) is 5.86. The molecule has 0 unspecified atom stereocenters. The van der Waals surface area contributed by atoms with Gasteiger partial charge in [0.15, 0.2) is 0 Å². The molecule has 0 bridgehead atoms. The van der Waals surface area contributed by atoms with Gasteiger partial charge in [0.25, 0.3) is 0 Å². The Morgan fingerprint density at radius 1 is 1.08 bits per heavy atom. The molecule has 0 N–H and O–H groups in total. The Kier molecular flexibility index (Phi) is 6.74. The minimum atomic E-state index is 0.779. The molecule has 0 aliphatic carbocycles. The molecule has 1 aromatic carbocycles. The van der Waals surface area contributed by atoms with E-state index < -0.39 is 0 Å². The quantitative estimate of drug-likeness (QED) is 0.585. The summed E-state index contributed by atoms with van der Waals surface area (Å²) < 4.78 is 11.0. The number of nitrogens with zero attached hydrogens (tertiary/aromatic N) is 2. The van der Waals surface area contributed by atoms with Gasteiger partial charge in [0.2, 0.25) is 0 Å². The number of benzene rings is 1. The maximum absolute atomic E-state index is 5.82. The lowest BCUT2D eigenvalue weighted by atomic mass is 10.1. The minimum absolute atomic E-state index is 0.779. The van der Waals surface area contributed by atoms with Gasteiger partial charge in [0, 0.05) is 19.0 Å². The van der Waals surface area contributed by atoms with Crippen molar-refractivity contribution in [2.24, 2.45) is 0 Å². The van der Waals surface area contributed by atoms with Crippen LogP contribution in [-0.4, -0.2) is 24.9 Å². The molecule has 0 saturated carbocycles. The van der Waals surface area contributed by atoms with Crippen molar-refractivity contribution in [3.05, 3.63) is 41.8 Å². The Morgan fingerprint density at radius 2 is 1.88 bits per heavy atom. The summed E-state index contributed by atoms with van der Waals surface area (Å²) in [6.07, 6.45) is 8.01. The van der Waals surface area contributed by atoms with E-state index >= 15 is 0 Å². The largest absolute Gasteiger partial charge is 0.494 e. The molecule has 1 saturated heterocycles. The highest BCUT2D eigenvalue weighted by molar-refractivity contribution is 5.47. The number of hydrogen-bond acceptors (Lipinski definition) is 5. The molecule has 5 heteroatoms. The topological polar surface area (TPSA) is 47.7 Å². The van der Waals surface area contributed by atoms with E-state index in [0.717, 1.165) is 68.3 Å². The number of hydrogen-bond donors (Lipinski definition) is 0. The molecule has 2 aromatic rings. The van der Waals surface area contributed by atoms with Crippen LogP contribution in [0.4, 0.5) is 5.69 Å². The third kappa shape index (κ3) is 5.78. The zero-order valence-electron chi connectivity index (χ0n) is 15.1.